The van der Waals surface area contributed by atoms with Gasteiger partial charge in [-0.25, -0.2) is 4.98 Å². The average molecular weight is 267 g/mol. The molecule has 1 aromatic heterocycles. The van der Waals surface area contributed by atoms with E-state index in [9.17, 15) is 4.79 Å². The molecule has 3 N–H and O–H groups in total. The second-order valence-corrected chi connectivity index (χ2v) is 3.89. The van der Waals surface area contributed by atoms with E-state index >= 15 is 0 Å². The van der Waals surface area contributed by atoms with E-state index in [0.717, 1.165) is 13.1 Å². The van der Waals surface area contributed by atoms with Crippen LogP contribution >= 0.6 is 0 Å². The molecule has 0 aliphatic carbocycles. The van der Waals surface area contributed by atoms with Crippen LogP contribution in [0.4, 0.5) is 11.5 Å². The van der Waals surface area contributed by atoms with Gasteiger partial charge in [0.2, 0.25) is 11.8 Å². The molecule has 0 unspecified atom stereocenters. The van der Waals surface area contributed by atoms with Crippen molar-refractivity contribution in [3.63, 3.8) is 0 Å². The minimum absolute atomic E-state index is 0.108. The van der Waals surface area contributed by atoms with Gasteiger partial charge in [-0.1, -0.05) is 0 Å². The maximum Gasteiger partial charge on any atom is 0.242 e. The Balaban J connectivity index is 2.52. The zero-order valence-corrected chi connectivity index (χ0v) is 11.6. The number of nitrogens with one attached hydrogen (secondary N) is 1. The lowest BCUT2D eigenvalue weighted by Gasteiger charge is -2.18. The molecule has 0 bridgehead atoms. The molecule has 0 aliphatic heterocycles. The van der Waals surface area contributed by atoms with E-state index in [1.165, 1.54) is 13.4 Å². The molecule has 1 heterocycles. The van der Waals surface area contributed by atoms with Crippen LogP contribution < -0.4 is 15.8 Å². The SMILES string of the molecule is CCN(CC)C(=O)CCNc1ncnc(OC)c1N. The monoisotopic (exact) mass is 267 g/mol. The summed E-state index contributed by atoms with van der Waals surface area (Å²) in [5.41, 5.74) is 6.16. The number of nitrogens with zero attached hydrogens (tertiary/aromatic N) is 3. The molecule has 1 aromatic rings. The van der Waals surface area contributed by atoms with Gasteiger partial charge in [-0.15, -0.1) is 0 Å². The summed E-state index contributed by atoms with van der Waals surface area (Å²) >= 11 is 0. The van der Waals surface area contributed by atoms with Gasteiger partial charge >= 0.3 is 0 Å². The van der Waals surface area contributed by atoms with Crippen LogP contribution in [-0.4, -0.2) is 47.5 Å². The highest BCUT2D eigenvalue weighted by atomic mass is 16.5. The van der Waals surface area contributed by atoms with Gasteiger partial charge in [0.15, 0.2) is 5.82 Å². The van der Waals surface area contributed by atoms with Crippen LogP contribution in [0.5, 0.6) is 5.88 Å². The number of hydrogen-bond acceptors (Lipinski definition) is 6. The van der Waals surface area contributed by atoms with Crippen molar-refractivity contribution < 1.29 is 9.53 Å². The predicted octanol–water partition coefficient (Wildman–Crippen LogP) is 0.738. The van der Waals surface area contributed by atoms with E-state index in [1.54, 1.807) is 4.90 Å². The van der Waals surface area contributed by atoms with Gasteiger partial charge in [0.05, 0.1) is 7.11 Å². The summed E-state index contributed by atoms with van der Waals surface area (Å²) in [6, 6.07) is 0. The third-order valence-corrected chi connectivity index (χ3v) is 2.79. The first-order valence-electron chi connectivity index (χ1n) is 6.30. The Morgan fingerprint density at radius 1 is 1.42 bits per heavy atom. The van der Waals surface area contributed by atoms with Crippen molar-refractivity contribution in [1.29, 1.82) is 0 Å². The number of amides is 1. The Kier molecular flexibility index (Phi) is 5.84. The van der Waals surface area contributed by atoms with Gasteiger partial charge in [0, 0.05) is 26.1 Å². The molecule has 7 nitrogen and oxygen atoms in total. The van der Waals surface area contributed by atoms with Gasteiger partial charge in [0.1, 0.15) is 12.0 Å². The van der Waals surface area contributed by atoms with E-state index in [1.807, 2.05) is 13.8 Å². The van der Waals surface area contributed by atoms with Gasteiger partial charge in [-0.3, -0.25) is 4.79 Å². The quantitative estimate of drug-likeness (QED) is 0.756. The second-order valence-electron chi connectivity index (χ2n) is 3.89. The van der Waals surface area contributed by atoms with Crippen molar-refractivity contribution in [3.05, 3.63) is 6.33 Å². The van der Waals surface area contributed by atoms with Crippen LogP contribution in [0.1, 0.15) is 20.3 Å². The van der Waals surface area contributed by atoms with Crippen molar-refractivity contribution in [2.24, 2.45) is 0 Å². The number of nitrogens with two attached hydrogens (primary N) is 1. The largest absolute Gasteiger partial charge is 0.479 e. The van der Waals surface area contributed by atoms with Crippen LogP contribution in [-0.2, 0) is 4.79 Å². The Morgan fingerprint density at radius 3 is 2.68 bits per heavy atom. The van der Waals surface area contributed by atoms with Gasteiger partial charge < -0.3 is 20.7 Å². The fraction of sp³-hybridized carbons (Fsp3) is 0.583. The minimum Gasteiger partial charge on any atom is -0.479 e. The van der Waals surface area contributed by atoms with Crippen LogP contribution in [0.25, 0.3) is 0 Å². The van der Waals surface area contributed by atoms with E-state index in [2.05, 4.69) is 15.3 Å². The highest BCUT2D eigenvalue weighted by Crippen LogP contribution is 2.23. The second kappa shape index (κ2) is 7.40. The maximum absolute atomic E-state index is 11.8. The summed E-state index contributed by atoms with van der Waals surface area (Å²) in [5.74, 6) is 0.920. The molecule has 0 saturated heterocycles. The van der Waals surface area contributed by atoms with Crippen molar-refractivity contribution in [2.45, 2.75) is 20.3 Å². The summed E-state index contributed by atoms with van der Waals surface area (Å²) in [6.45, 7) is 5.83. The Hall–Kier alpha value is -2.05. The molecule has 0 aliphatic rings. The van der Waals surface area contributed by atoms with Crippen LogP contribution in [0.2, 0.25) is 0 Å². The molecule has 0 atom stereocenters. The number of ether oxygens (including phenoxy) is 1. The van der Waals surface area contributed by atoms with Gasteiger partial charge in [-0.05, 0) is 13.8 Å². The number of carbonyl (C=O) groups excluding carboxylic acids is 1. The van der Waals surface area contributed by atoms with Crippen molar-refractivity contribution >= 4 is 17.4 Å². The molecular weight excluding hydrogens is 246 g/mol. The zero-order chi connectivity index (χ0) is 14.3. The minimum atomic E-state index is 0.108. The van der Waals surface area contributed by atoms with Gasteiger partial charge in [-0.2, -0.15) is 4.98 Å². The summed E-state index contributed by atoms with van der Waals surface area (Å²) in [6.07, 6.45) is 1.76. The normalized spacial score (nSPS) is 10.1. The lowest BCUT2D eigenvalue weighted by molar-refractivity contribution is -0.130. The first-order valence-corrected chi connectivity index (χ1v) is 6.30. The molecule has 0 fully saturated rings. The molecule has 1 rings (SSSR count). The molecule has 19 heavy (non-hydrogen) atoms. The molecule has 0 aromatic carbocycles. The summed E-state index contributed by atoms with van der Waals surface area (Å²) < 4.78 is 4.99. The zero-order valence-electron chi connectivity index (χ0n) is 11.6. The van der Waals surface area contributed by atoms with Crippen molar-refractivity contribution in [2.75, 3.05) is 37.8 Å². The molecule has 0 saturated carbocycles. The topological polar surface area (TPSA) is 93.4 Å². The van der Waals surface area contributed by atoms with E-state index in [-0.39, 0.29) is 5.91 Å². The molecule has 1 amide bonds. The fourth-order valence-electron chi connectivity index (χ4n) is 1.71. The predicted molar refractivity (Wildman–Crippen MR) is 74.0 cm³/mol. The third kappa shape index (κ3) is 3.97. The van der Waals surface area contributed by atoms with Gasteiger partial charge in [0.25, 0.3) is 0 Å². The lowest BCUT2D eigenvalue weighted by atomic mass is 10.3. The number of hydrogen-bond donors (Lipinski definition) is 2. The third-order valence-electron chi connectivity index (χ3n) is 2.79. The first kappa shape index (κ1) is 15.0. The highest BCUT2D eigenvalue weighted by Gasteiger charge is 2.11. The number of rotatable bonds is 7. The highest BCUT2D eigenvalue weighted by molar-refractivity contribution is 5.77. The first-order chi connectivity index (χ1) is 9.13. The van der Waals surface area contributed by atoms with Crippen LogP contribution in [0.3, 0.4) is 0 Å². The van der Waals surface area contributed by atoms with Crippen LogP contribution in [0.15, 0.2) is 6.33 Å². The summed E-state index contributed by atoms with van der Waals surface area (Å²) in [5, 5.41) is 3.02. The molecule has 7 heteroatoms. The molecule has 0 spiro atoms. The fourth-order valence-corrected chi connectivity index (χ4v) is 1.71. The lowest BCUT2D eigenvalue weighted by Crippen LogP contribution is -2.31. The number of carbonyl (C=O) groups is 1. The van der Waals surface area contributed by atoms with Crippen LogP contribution in [0, 0.1) is 0 Å². The number of anilines is 2. The summed E-state index contributed by atoms with van der Waals surface area (Å²) in [4.78, 5) is 21.5. The number of nitrogen functional groups attached to an aromatic ring is 1. The average Bonchev–Trinajstić information content (AvgIpc) is 2.42. The van der Waals surface area contributed by atoms with E-state index in [4.69, 9.17) is 10.5 Å². The number of aromatic nitrogens is 2. The number of methoxy groups -OCH3 is 1. The standard InChI is InChI=1S/C12H21N5O2/c1-4-17(5-2)9(18)6-7-14-11-10(13)12(19-3)16-8-15-11/h8H,4-7,13H2,1-3H3,(H,14,15,16). The van der Waals surface area contributed by atoms with E-state index < -0.39 is 0 Å². The molecule has 106 valence electrons. The maximum atomic E-state index is 11.8. The smallest absolute Gasteiger partial charge is 0.242 e. The molecular formula is C12H21N5O2. The molecule has 0 radical (unpaired) electrons. The Labute approximate surface area is 113 Å². The van der Waals surface area contributed by atoms with Crippen molar-refractivity contribution in [3.8, 4) is 5.88 Å². The van der Waals surface area contributed by atoms with E-state index in [0.29, 0.717) is 30.4 Å². The van der Waals surface area contributed by atoms with Crippen molar-refractivity contribution in [1.82, 2.24) is 14.9 Å². The summed E-state index contributed by atoms with van der Waals surface area (Å²) in [7, 11) is 1.49. The Morgan fingerprint density at radius 2 is 2.11 bits per heavy atom. The Bertz CT molecular complexity index is 421.